The highest BCUT2D eigenvalue weighted by Gasteiger charge is 2.25. The molecule has 1 fully saturated rings. The van der Waals surface area contributed by atoms with Gasteiger partial charge < -0.3 is 5.32 Å². The molecule has 10 heteroatoms. The summed E-state index contributed by atoms with van der Waals surface area (Å²) >= 11 is 0. The number of tetrazole rings is 1. The van der Waals surface area contributed by atoms with Gasteiger partial charge in [0.05, 0.1) is 10.6 Å². The summed E-state index contributed by atoms with van der Waals surface area (Å²) < 4.78 is 27.8. The maximum absolute atomic E-state index is 12.4. The Balaban J connectivity index is 0.00000161. The highest BCUT2D eigenvalue weighted by molar-refractivity contribution is 7.89. The molecule has 2 aromatic rings. The van der Waals surface area contributed by atoms with Gasteiger partial charge >= 0.3 is 0 Å². The standard InChI is InChI=1S/C11H14N6O2S.ClH/c18-20(19,16-7-5-12-6-8-16)11-3-1-10(2-4-11)17-9-13-14-15-17;/h1-4,9,12H,5-8H2;1H. The van der Waals surface area contributed by atoms with E-state index in [-0.39, 0.29) is 17.3 Å². The van der Waals surface area contributed by atoms with Crippen LogP contribution in [0.15, 0.2) is 35.5 Å². The van der Waals surface area contributed by atoms with Gasteiger partial charge in [-0.05, 0) is 34.7 Å². The molecule has 1 N–H and O–H groups in total. The highest BCUT2D eigenvalue weighted by Crippen LogP contribution is 2.17. The van der Waals surface area contributed by atoms with Gasteiger partial charge in [-0.15, -0.1) is 17.5 Å². The second-order valence-electron chi connectivity index (χ2n) is 4.40. The Morgan fingerprint density at radius 3 is 2.33 bits per heavy atom. The predicted octanol–water partition coefficient (Wildman–Crippen LogP) is -0.322. The SMILES string of the molecule is Cl.O=S(=O)(c1ccc(-n2cnnn2)cc1)N1CCNCC1. The van der Waals surface area contributed by atoms with Crippen LogP contribution in [0.4, 0.5) is 0 Å². The van der Waals surface area contributed by atoms with Crippen molar-refractivity contribution < 1.29 is 8.42 Å². The van der Waals surface area contributed by atoms with E-state index in [1.807, 2.05) is 0 Å². The van der Waals surface area contributed by atoms with Gasteiger partial charge in [-0.3, -0.25) is 0 Å². The number of benzene rings is 1. The highest BCUT2D eigenvalue weighted by atomic mass is 35.5. The number of aromatic nitrogens is 4. The molecule has 1 aliphatic heterocycles. The first-order chi connectivity index (χ1) is 9.68. The minimum absolute atomic E-state index is 0. The van der Waals surface area contributed by atoms with Gasteiger partial charge in [-0.25, -0.2) is 13.1 Å². The summed E-state index contributed by atoms with van der Waals surface area (Å²) in [5.41, 5.74) is 0.717. The van der Waals surface area contributed by atoms with E-state index in [1.165, 1.54) is 15.3 Å². The van der Waals surface area contributed by atoms with Crippen molar-refractivity contribution >= 4 is 22.4 Å². The van der Waals surface area contributed by atoms with E-state index in [9.17, 15) is 8.42 Å². The summed E-state index contributed by atoms with van der Waals surface area (Å²) in [6, 6.07) is 6.53. The number of piperazine rings is 1. The van der Waals surface area contributed by atoms with Crippen molar-refractivity contribution in [2.45, 2.75) is 4.90 Å². The van der Waals surface area contributed by atoms with Crippen LogP contribution in [0, 0.1) is 0 Å². The monoisotopic (exact) mass is 330 g/mol. The molecule has 0 spiro atoms. The lowest BCUT2D eigenvalue weighted by molar-refractivity contribution is 0.360. The lowest BCUT2D eigenvalue weighted by atomic mass is 10.3. The number of nitrogens with zero attached hydrogens (tertiary/aromatic N) is 5. The number of halogens is 1. The normalized spacial score (nSPS) is 16.4. The van der Waals surface area contributed by atoms with Crippen molar-refractivity contribution in [2.75, 3.05) is 26.2 Å². The smallest absolute Gasteiger partial charge is 0.243 e. The summed E-state index contributed by atoms with van der Waals surface area (Å²) in [4.78, 5) is 0.288. The maximum Gasteiger partial charge on any atom is 0.243 e. The van der Waals surface area contributed by atoms with Gasteiger partial charge in [-0.1, -0.05) is 0 Å². The van der Waals surface area contributed by atoms with Crippen molar-refractivity contribution in [3.63, 3.8) is 0 Å². The van der Waals surface area contributed by atoms with Gasteiger partial charge in [-0.2, -0.15) is 4.31 Å². The third-order valence-corrected chi connectivity index (χ3v) is 5.08. The second-order valence-corrected chi connectivity index (χ2v) is 6.34. The van der Waals surface area contributed by atoms with Crippen molar-refractivity contribution in [3.8, 4) is 5.69 Å². The molecule has 1 aromatic heterocycles. The minimum Gasteiger partial charge on any atom is -0.314 e. The predicted molar refractivity (Wildman–Crippen MR) is 78.0 cm³/mol. The molecule has 0 bridgehead atoms. The van der Waals surface area contributed by atoms with Gasteiger partial charge in [0.1, 0.15) is 6.33 Å². The van der Waals surface area contributed by atoms with Crippen molar-refractivity contribution in [3.05, 3.63) is 30.6 Å². The fraction of sp³-hybridized carbons (Fsp3) is 0.364. The lowest BCUT2D eigenvalue weighted by Gasteiger charge is -2.26. The third kappa shape index (κ3) is 3.21. The number of hydrogen-bond donors (Lipinski definition) is 1. The van der Waals surface area contributed by atoms with E-state index in [2.05, 4.69) is 20.8 Å². The number of hydrogen-bond acceptors (Lipinski definition) is 6. The summed E-state index contributed by atoms with van der Waals surface area (Å²) in [6.07, 6.45) is 1.46. The van der Waals surface area contributed by atoms with E-state index >= 15 is 0 Å². The van der Waals surface area contributed by atoms with Crippen LogP contribution in [-0.2, 0) is 10.0 Å². The fourth-order valence-electron chi connectivity index (χ4n) is 2.08. The van der Waals surface area contributed by atoms with Gasteiger partial charge in [0, 0.05) is 26.2 Å². The first-order valence-corrected chi connectivity index (χ1v) is 7.66. The van der Waals surface area contributed by atoms with Crippen LogP contribution in [0.3, 0.4) is 0 Å². The van der Waals surface area contributed by atoms with Crippen LogP contribution in [0.2, 0.25) is 0 Å². The molecule has 1 aliphatic rings. The molecule has 0 radical (unpaired) electrons. The fourth-order valence-corrected chi connectivity index (χ4v) is 3.53. The van der Waals surface area contributed by atoms with Gasteiger partial charge in [0.25, 0.3) is 0 Å². The summed E-state index contributed by atoms with van der Waals surface area (Å²) in [5, 5.41) is 14.0. The maximum atomic E-state index is 12.4. The van der Waals surface area contributed by atoms with Crippen LogP contribution in [0.25, 0.3) is 5.69 Å². The molecule has 1 aromatic carbocycles. The second kappa shape index (κ2) is 6.48. The van der Waals surface area contributed by atoms with E-state index < -0.39 is 10.0 Å². The Hall–Kier alpha value is -1.55. The van der Waals surface area contributed by atoms with E-state index in [0.717, 1.165) is 0 Å². The van der Waals surface area contributed by atoms with Crippen LogP contribution in [-0.4, -0.2) is 59.1 Å². The molecule has 0 unspecified atom stereocenters. The average Bonchev–Trinajstić information content (AvgIpc) is 3.02. The van der Waals surface area contributed by atoms with E-state index in [1.54, 1.807) is 24.3 Å². The lowest BCUT2D eigenvalue weighted by Crippen LogP contribution is -2.46. The van der Waals surface area contributed by atoms with E-state index in [0.29, 0.717) is 31.9 Å². The number of sulfonamides is 1. The minimum atomic E-state index is -3.42. The van der Waals surface area contributed by atoms with Crippen molar-refractivity contribution in [1.82, 2.24) is 29.8 Å². The van der Waals surface area contributed by atoms with Crippen molar-refractivity contribution in [2.24, 2.45) is 0 Å². The topological polar surface area (TPSA) is 93.0 Å². The van der Waals surface area contributed by atoms with E-state index in [4.69, 9.17) is 0 Å². The number of rotatable bonds is 3. The molecule has 3 rings (SSSR count). The zero-order chi connectivity index (χ0) is 14.0. The summed E-state index contributed by atoms with van der Waals surface area (Å²) in [7, 11) is -3.42. The molecule has 114 valence electrons. The van der Waals surface area contributed by atoms with Gasteiger partial charge in [0.15, 0.2) is 0 Å². The van der Waals surface area contributed by atoms with Gasteiger partial charge in [0.2, 0.25) is 10.0 Å². The molecule has 21 heavy (non-hydrogen) atoms. The van der Waals surface area contributed by atoms with Crippen LogP contribution in [0.5, 0.6) is 0 Å². The zero-order valence-corrected chi connectivity index (χ0v) is 12.7. The molecule has 0 aliphatic carbocycles. The molecular weight excluding hydrogens is 316 g/mol. The number of nitrogens with one attached hydrogen (secondary N) is 1. The Morgan fingerprint density at radius 1 is 1.10 bits per heavy atom. The quantitative estimate of drug-likeness (QED) is 0.829. The average molecular weight is 331 g/mol. The molecular formula is C11H15ClN6O2S. The molecule has 8 nitrogen and oxygen atoms in total. The van der Waals surface area contributed by atoms with Crippen molar-refractivity contribution in [1.29, 1.82) is 0 Å². The largest absolute Gasteiger partial charge is 0.314 e. The summed E-state index contributed by atoms with van der Waals surface area (Å²) in [5.74, 6) is 0. The Bertz CT molecular complexity index is 667. The summed E-state index contributed by atoms with van der Waals surface area (Å²) in [6.45, 7) is 2.36. The molecule has 0 amide bonds. The molecule has 2 heterocycles. The van der Waals surface area contributed by atoms with Crippen LogP contribution >= 0.6 is 12.4 Å². The zero-order valence-electron chi connectivity index (χ0n) is 11.1. The first kappa shape index (κ1) is 15.8. The Kier molecular flexibility index (Phi) is 4.88. The Morgan fingerprint density at radius 2 is 1.76 bits per heavy atom. The first-order valence-electron chi connectivity index (χ1n) is 6.22. The van der Waals surface area contributed by atoms with Crippen LogP contribution < -0.4 is 5.32 Å². The molecule has 1 saturated heterocycles. The Labute approximate surface area is 128 Å². The third-order valence-electron chi connectivity index (χ3n) is 3.16. The molecule has 0 saturated carbocycles. The molecule has 0 atom stereocenters. The van der Waals surface area contributed by atoms with Crippen LogP contribution in [0.1, 0.15) is 0 Å².